The van der Waals surface area contributed by atoms with Crippen LogP contribution in [0, 0.1) is 0 Å². The number of nitrogens with zero attached hydrogens (tertiary/aromatic N) is 3. The number of aromatic nitrogens is 3. The Labute approximate surface area is 303 Å². The van der Waals surface area contributed by atoms with Crippen LogP contribution >= 0.6 is 23.2 Å². The highest BCUT2D eigenvalue weighted by molar-refractivity contribution is 6.39. The first kappa shape index (κ1) is 36.0. The summed E-state index contributed by atoms with van der Waals surface area (Å²) in [5, 5.41) is 19.5. The molecule has 0 spiro atoms. The number of carboxylic acid groups (broad SMARTS) is 1. The van der Waals surface area contributed by atoms with Crippen LogP contribution in [-0.4, -0.2) is 70.8 Å². The van der Waals surface area contributed by atoms with Crippen molar-refractivity contribution in [3.05, 3.63) is 105 Å². The molecular weight excluding hydrogens is 695 g/mol. The Morgan fingerprint density at radius 2 is 1.73 bits per heavy atom. The van der Waals surface area contributed by atoms with Crippen LogP contribution in [0.2, 0.25) is 10.0 Å². The summed E-state index contributed by atoms with van der Waals surface area (Å²) < 4.78 is 12.0. The molecule has 12 nitrogen and oxygen atoms in total. The Kier molecular flexibility index (Phi) is 11.3. The van der Waals surface area contributed by atoms with E-state index in [1.807, 2.05) is 48.5 Å². The third kappa shape index (κ3) is 7.90. The number of ether oxygens (including phenoxy) is 2. The van der Waals surface area contributed by atoms with E-state index in [4.69, 9.17) is 37.7 Å². The number of hydrogen-bond acceptors (Lipinski definition) is 9. The number of methoxy groups -OCH3 is 2. The molecule has 6 rings (SSSR count). The molecule has 0 bridgehead atoms. The number of hydrogen-bond donors (Lipinski definition) is 4. The number of amides is 1. The molecule has 4 N–H and O–H groups in total. The highest BCUT2D eigenvalue weighted by Gasteiger charge is 2.21. The highest BCUT2D eigenvalue weighted by atomic mass is 35.5. The van der Waals surface area contributed by atoms with Crippen molar-refractivity contribution < 1.29 is 24.2 Å². The van der Waals surface area contributed by atoms with Crippen LogP contribution in [0.5, 0.6) is 5.88 Å². The van der Waals surface area contributed by atoms with Crippen LogP contribution in [-0.2, 0) is 27.4 Å². The lowest BCUT2D eigenvalue weighted by Gasteiger charge is -2.16. The number of halogens is 2. The van der Waals surface area contributed by atoms with E-state index in [1.165, 1.54) is 17.7 Å². The van der Waals surface area contributed by atoms with Crippen molar-refractivity contribution in [3.63, 3.8) is 0 Å². The van der Waals surface area contributed by atoms with E-state index in [-0.39, 0.29) is 30.7 Å². The maximum absolute atomic E-state index is 13.2. The fourth-order valence-corrected chi connectivity index (χ4v) is 6.72. The molecule has 1 amide bonds. The van der Waals surface area contributed by atoms with Crippen molar-refractivity contribution in [2.75, 3.05) is 27.4 Å². The van der Waals surface area contributed by atoms with E-state index in [0.29, 0.717) is 69.0 Å². The smallest absolute Gasteiger partial charge is 0.323 e. The van der Waals surface area contributed by atoms with Gasteiger partial charge in [-0.3, -0.25) is 24.1 Å². The molecule has 0 aliphatic carbocycles. The number of fused-ring (bicyclic) bond motifs is 1. The molecule has 1 saturated heterocycles. The molecule has 2 aromatic carbocycles. The number of benzene rings is 2. The zero-order chi connectivity index (χ0) is 36.1. The second-order valence-corrected chi connectivity index (χ2v) is 12.8. The first-order valence-corrected chi connectivity index (χ1v) is 17.0. The van der Waals surface area contributed by atoms with Gasteiger partial charge in [0.15, 0.2) is 0 Å². The van der Waals surface area contributed by atoms with E-state index in [2.05, 4.69) is 20.9 Å². The topological polar surface area (TPSA) is 156 Å². The quantitative estimate of drug-likeness (QED) is 0.123. The van der Waals surface area contributed by atoms with Crippen LogP contribution in [0.15, 0.2) is 77.9 Å². The normalized spacial score (nSPS) is 14.8. The third-order valence-corrected chi connectivity index (χ3v) is 9.56. The van der Waals surface area contributed by atoms with E-state index >= 15 is 0 Å². The van der Waals surface area contributed by atoms with E-state index in [0.717, 1.165) is 23.1 Å². The lowest BCUT2D eigenvalue weighted by atomic mass is 9.97. The number of carbonyl (C=O) groups is 2. The van der Waals surface area contributed by atoms with Gasteiger partial charge in [-0.25, -0.2) is 9.97 Å². The number of nitrogens with one attached hydrogen (secondary N) is 3. The standard InChI is InChI=1S/C37H36Cl2N6O6/c1-50-20-30(37(48)49)41-17-23-18-42-31-15-21(13-14-45(31)36(23)47)25-5-3-6-26(33(25)38)27-7-4-8-28(34(27)39)29-11-9-22(35(44-29)51-2)16-40-19-24-10-12-32(46)43-24/h3-9,11,13-15,18,24,30,40-41H,10,12,16-17,19-20H2,1-2H3,(H,43,46)(H,48,49)/t24-,30-/m0/s1. The van der Waals surface area contributed by atoms with Gasteiger partial charge in [-0.05, 0) is 30.2 Å². The van der Waals surface area contributed by atoms with E-state index in [9.17, 15) is 19.5 Å². The lowest BCUT2D eigenvalue weighted by Crippen LogP contribution is -2.41. The number of rotatable bonds is 14. The second-order valence-electron chi connectivity index (χ2n) is 12.1. The molecule has 0 unspecified atom stereocenters. The van der Waals surface area contributed by atoms with Crippen LogP contribution in [0.4, 0.5) is 0 Å². The maximum atomic E-state index is 13.2. The average molecular weight is 732 g/mol. The molecule has 3 aromatic heterocycles. The van der Waals surface area contributed by atoms with Crippen molar-refractivity contribution in [2.45, 2.75) is 38.0 Å². The Balaban J connectivity index is 1.24. The van der Waals surface area contributed by atoms with Gasteiger partial charge in [0.2, 0.25) is 11.8 Å². The zero-order valence-electron chi connectivity index (χ0n) is 27.9. The molecular formula is C37H36Cl2N6O6. The van der Waals surface area contributed by atoms with Gasteiger partial charge in [0.1, 0.15) is 11.7 Å². The molecule has 14 heteroatoms. The SMILES string of the molecule is COC[C@H](NCc1cnc2cc(-c3cccc(-c4cccc(-c5ccc(CNC[C@@H]6CCC(=O)N6)c(OC)n5)c4Cl)c3Cl)ccn2c1=O)C(=O)O. The summed E-state index contributed by atoms with van der Waals surface area (Å²) in [6.07, 6.45) is 4.43. The highest BCUT2D eigenvalue weighted by Crippen LogP contribution is 2.42. The molecule has 264 valence electrons. The van der Waals surface area contributed by atoms with Crippen molar-refractivity contribution in [3.8, 4) is 39.4 Å². The summed E-state index contributed by atoms with van der Waals surface area (Å²) >= 11 is 14.1. The minimum Gasteiger partial charge on any atom is -0.481 e. The summed E-state index contributed by atoms with van der Waals surface area (Å²) in [6.45, 7) is 1.15. The molecule has 2 atom stereocenters. The number of pyridine rings is 2. The average Bonchev–Trinajstić information content (AvgIpc) is 3.55. The number of carboxylic acids is 1. The van der Waals surface area contributed by atoms with Crippen LogP contribution < -0.4 is 26.2 Å². The van der Waals surface area contributed by atoms with Gasteiger partial charge < -0.3 is 25.2 Å². The Bertz CT molecular complexity index is 2160. The maximum Gasteiger partial charge on any atom is 0.323 e. The summed E-state index contributed by atoms with van der Waals surface area (Å²) in [6, 6.07) is 17.9. The van der Waals surface area contributed by atoms with Crippen molar-refractivity contribution >= 4 is 40.7 Å². The fraction of sp³-hybridized carbons (Fsp3) is 0.270. The summed E-state index contributed by atoms with van der Waals surface area (Å²) in [5.74, 6) is -0.523. The predicted octanol–water partition coefficient (Wildman–Crippen LogP) is 4.96. The molecule has 5 aromatic rings. The minimum atomic E-state index is -1.08. The van der Waals surface area contributed by atoms with Gasteiger partial charge in [-0.15, -0.1) is 0 Å². The largest absolute Gasteiger partial charge is 0.481 e. The predicted molar refractivity (Wildman–Crippen MR) is 195 cm³/mol. The Morgan fingerprint density at radius 3 is 2.41 bits per heavy atom. The van der Waals surface area contributed by atoms with Gasteiger partial charge in [-0.2, -0.15) is 0 Å². The molecule has 1 aliphatic rings. The van der Waals surface area contributed by atoms with Gasteiger partial charge in [0.05, 0.1) is 35.0 Å². The molecule has 0 radical (unpaired) electrons. The van der Waals surface area contributed by atoms with Crippen molar-refractivity contribution in [1.29, 1.82) is 0 Å². The van der Waals surface area contributed by atoms with Gasteiger partial charge >= 0.3 is 5.97 Å². The second kappa shape index (κ2) is 16.0. The van der Waals surface area contributed by atoms with Crippen LogP contribution in [0.3, 0.4) is 0 Å². The van der Waals surface area contributed by atoms with Gasteiger partial charge in [0.25, 0.3) is 5.56 Å². The first-order chi connectivity index (χ1) is 24.7. The van der Waals surface area contributed by atoms with Crippen LogP contribution in [0.25, 0.3) is 39.2 Å². The van der Waals surface area contributed by atoms with Gasteiger partial charge in [-0.1, -0.05) is 65.7 Å². The monoisotopic (exact) mass is 730 g/mol. The van der Waals surface area contributed by atoms with Crippen molar-refractivity contribution in [1.82, 2.24) is 30.3 Å². The Morgan fingerprint density at radius 1 is 1.00 bits per heavy atom. The molecule has 51 heavy (non-hydrogen) atoms. The third-order valence-electron chi connectivity index (χ3n) is 8.75. The Hall–Kier alpha value is -4.85. The van der Waals surface area contributed by atoms with Crippen molar-refractivity contribution in [2.24, 2.45) is 0 Å². The summed E-state index contributed by atoms with van der Waals surface area (Å²) in [4.78, 5) is 45.4. The molecule has 1 fully saturated rings. The first-order valence-electron chi connectivity index (χ1n) is 16.3. The van der Waals surface area contributed by atoms with Crippen LogP contribution in [0.1, 0.15) is 24.0 Å². The fourth-order valence-electron chi connectivity index (χ4n) is 6.06. The van der Waals surface area contributed by atoms with E-state index in [1.54, 1.807) is 25.4 Å². The lowest BCUT2D eigenvalue weighted by molar-refractivity contribution is -0.140. The van der Waals surface area contributed by atoms with E-state index < -0.39 is 12.0 Å². The summed E-state index contributed by atoms with van der Waals surface area (Å²) in [7, 11) is 2.98. The molecule has 0 saturated carbocycles. The zero-order valence-corrected chi connectivity index (χ0v) is 29.4. The molecule has 4 heterocycles. The number of aliphatic carboxylic acids is 1. The van der Waals surface area contributed by atoms with Gasteiger partial charge in [0, 0.05) is 79.4 Å². The molecule has 1 aliphatic heterocycles. The minimum absolute atomic E-state index is 0.0105. The number of carbonyl (C=O) groups excluding carboxylic acids is 1. The summed E-state index contributed by atoms with van der Waals surface area (Å²) in [5.41, 5.74) is 5.49.